The lowest BCUT2D eigenvalue weighted by Gasteiger charge is -2.42. The summed E-state index contributed by atoms with van der Waals surface area (Å²) in [4.78, 5) is 39.6. The summed E-state index contributed by atoms with van der Waals surface area (Å²) in [5.41, 5.74) is 0.493. The number of hydrogen-bond donors (Lipinski definition) is 0. The molecule has 4 heterocycles. The van der Waals surface area contributed by atoms with Gasteiger partial charge in [0.05, 0.1) is 24.6 Å². The van der Waals surface area contributed by atoms with Gasteiger partial charge in [0.2, 0.25) is 5.88 Å². The molecule has 10 nitrogen and oxygen atoms in total. The third-order valence-corrected chi connectivity index (χ3v) is 8.91. The number of imidazole rings is 1. The molecule has 0 atom stereocenters. The minimum atomic E-state index is -4.67. The topological polar surface area (TPSA) is 102 Å². The first-order chi connectivity index (χ1) is 22.0. The van der Waals surface area contributed by atoms with Crippen LogP contribution < -0.4 is 14.5 Å². The van der Waals surface area contributed by atoms with Crippen LogP contribution in [0.25, 0.3) is 22.8 Å². The lowest BCUT2D eigenvalue weighted by Crippen LogP contribution is -2.55. The Bertz CT molecular complexity index is 1850. The van der Waals surface area contributed by atoms with Crippen LogP contribution in [0.2, 0.25) is 0 Å². The molecule has 1 aromatic carbocycles. The van der Waals surface area contributed by atoms with Gasteiger partial charge in [0.25, 0.3) is 5.91 Å². The number of aromatic nitrogens is 6. The second-order valence-corrected chi connectivity index (χ2v) is 12.2. The van der Waals surface area contributed by atoms with E-state index >= 15 is 4.39 Å². The van der Waals surface area contributed by atoms with Crippen molar-refractivity contribution in [1.29, 1.82) is 0 Å². The maximum absolute atomic E-state index is 15.7. The molecule has 240 valence electrons. The van der Waals surface area contributed by atoms with Crippen molar-refractivity contribution in [2.75, 3.05) is 23.5 Å². The number of benzene rings is 1. The molecule has 3 aliphatic rings. The number of alkyl halides is 3. The van der Waals surface area contributed by atoms with E-state index in [9.17, 15) is 18.0 Å². The highest BCUT2D eigenvalue weighted by Crippen LogP contribution is 2.53. The largest absolute Gasteiger partial charge is 0.480 e. The van der Waals surface area contributed by atoms with E-state index in [4.69, 9.17) is 9.72 Å². The molecule has 0 saturated heterocycles. The average Bonchev–Trinajstić information content (AvgIpc) is 3.96. The molecule has 7 rings (SSSR count). The fraction of sp³-hybridized carbons (Fsp3) is 0.438. The Balaban J connectivity index is 1.30. The van der Waals surface area contributed by atoms with E-state index in [0.717, 1.165) is 24.7 Å². The predicted octanol–water partition coefficient (Wildman–Crippen LogP) is 6.33. The van der Waals surface area contributed by atoms with Crippen LogP contribution in [0, 0.1) is 5.82 Å². The maximum atomic E-state index is 15.7. The molecule has 14 heteroatoms. The van der Waals surface area contributed by atoms with Crippen molar-refractivity contribution < 1.29 is 27.1 Å². The molecule has 2 saturated carbocycles. The van der Waals surface area contributed by atoms with Crippen molar-refractivity contribution in [2.45, 2.75) is 76.7 Å². The smallest absolute Gasteiger partial charge is 0.434 e. The molecule has 2 fully saturated rings. The van der Waals surface area contributed by atoms with Crippen LogP contribution in [-0.2, 0) is 17.5 Å². The lowest BCUT2D eigenvalue weighted by atomic mass is 10.0. The zero-order valence-corrected chi connectivity index (χ0v) is 25.8. The van der Waals surface area contributed by atoms with E-state index in [2.05, 4.69) is 19.9 Å². The summed E-state index contributed by atoms with van der Waals surface area (Å²) in [5.74, 6) is 0.601. The minimum absolute atomic E-state index is 0.0465. The van der Waals surface area contributed by atoms with Gasteiger partial charge in [-0.1, -0.05) is 6.07 Å². The number of anilines is 2. The maximum Gasteiger partial charge on any atom is 0.434 e. The average molecular weight is 637 g/mol. The van der Waals surface area contributed by atoms with Gasteiger partial charge in [0.15, 0.2) is 17.3 Å². The SMILES string of the molecule is CCN1C(=O)C2(CC2)N(Cc2ccc(-c3nc(C(F)(F)F)cn3C(C)C)c(F)c2)c2nc(-c3c(OC)ncnc3C3CC3)ncc21. The number of likely N-dealkylation sites (N-methyl/N-ethyl adjacent to an activating group) is 1. The summed E-state index contributed by atoms with van der Waals surface area (Å²) in [7, 11) is 1.53. The van der Waals surface area contributed by atoms with Crippen LogP contribution >= 0.6 is 0 Å². The molecule has 0 unspecified atom stereocenters. The third kappa shape index (κ3) is 4.85. The van der Waals surface area contributed by atoms with Gasteiger partial charge in [-0.25, -0.2) is 29.3 Å². The van der Waals surface area contributed by atoms with Gasteiger partial charge in [-0.05, 0) is 64.2 Å². The summed E-state index contributed by atoms with van der Waals surface area (Å²) < 4.78 is 63.1. The number of methoxy groups -OCH3 is 1. The molecule has 1 spiro atoms. The number of amides is 1. The van der Waals surface area contributed by atoms with E-state index in [1.54, 1.807) is 31.0 Å². The Hall–Kier alpha value is -4.62. The van der Waals surface area contributed by atoms with Gasteiger partial charge in [-0.2, -0.15) is 13.2 Å². The quantitative estimate of drug-likeness (QED) is 0.207. The number of rotatable bonds is 8. The molecule has 0 N–H and O–H groups in total. The molecule has 1 aliphatic heterocycles. The van der Waals surface area contributed by atoms with E-state index in [0.29, 0.717) is 53.7 Å². The van der Waals surface area contributed by atoms with Crippen molar-refractivity contribution in [3.8, 4) is 28.7 Å². The van der Waals surface area contributed by atoms with Crippen molar-refractivity contribution in [3.05, 3.63) is 59.7 Å². The van der Waals surface area contributed by atoms with E-state index in [-0.39, 0.29) is 35.8 Å². The molecule has 0 radical (unpaired) electrons. The minimum Gasteiger partial charge on any atom is -0.480 e. The van der Waals surface area contributed by atoms with Gasteiger partial charge in [-0.3, -0.25) is 4.79 Å². The number of ether oxygens (including phenoxy) is 1. The lowest BCUT2D eigenvalue weighted by molar-refractivity contribution is -0.141. The second kappa shape index (κ2) is 10.7. The molecule has 4 aromatic rings. The molecular weight excluding hydrogens is 604 g/mol. The Morgan fingerprint density at radius 2 is 1.87 bits per heavy atom. The Kier molecular flexibility index (Phi) is 7.01. The van der Waals surface area contributed by atoms with Crippen LogP contribution in [0.15, 0.2) is 36.9 Å². The standard InChI is InChI=1S/C32H32F4N8O2/c1-5-42-22-13-37-26(24-25(19-7-8-19)38-16-39-29(24)46-4)41-28(22)44(31(10-11-31)30(42)45)14-18-6-9-20(21(33)12-18)27-40-23(32(34,35)36)15-43(27)17(2)3/h6,9,12-13,15-17,19H,5,7-8,10-11,14H2,1-4H3. The number of nitrogens with zero attached hydrogens (tertiary/aromatic N) is 8. The molecule has 0 bridgehead atoms. The zero-order chi connectivity index (χ0) is 32.5. The third-order valence-electron chi connectivity index (χ3n) is 8.91. The van der Waals surface area contributed by atoms with Gasteiger partial charge in [0, 0.05) is 31.2 Å². The first-order valence-electron chi connectivity index (χ1n) is 15.3. The molecule has 2 aliphatic carbocycles. The van der Waals surface area contributed by atoms with Crippen molar-refractivity contribution >= 4 is 17.4 Å². The molecule has 46 heavy (non-hydrogen) atoms. The first kappa shape index (κ1) is 30.1. The highest BCUT2D eigenvalue weighted by atomic mass is 19.4. The second-order valence-electron chi connectivity index (χ2n) is 12.2. The number of carbonyl (C=O) groups is 1. The van der Waals surface area contributed by atoms with Crippen LogP contribution in [0.5, 0.6) is 5.88 Å². The van der Waals surface area contributed by atoms with Gasteiger partial charge >= 0.3 is 6.18 Å². The summed E-state index contributed by atoms with van der Waals surface area (Å²) in [6.07, 6.45) is 2.49. The fourth-order valence-electron chi connectivity index (χ4n) is 6.25. The van der Waals surface area contributed by atoms with E-state index in [1.807, 2.05) is 11.8 Å². The van der Waals surface area contributed by atoms with Gasteiger partial charge in [0.1, 0.15) is 34.8 Å². The van der Waals surface area contributed by atoms with Crippen LogP contribution in [-0.4, -0.2) is 54.6 Å². The van der Waals surface area contributed by atoms with Crippen LogP contribution in [0.3, 0.4) is 0 Å². The van der Waals surface area contributed by atoms with E-state index in [1.165, 1.54) is 30.1 Å². The van der Waals surface area contributed by atoms with Gasteiger partial charge in [-0.15, -0.1) is 0 Å². The summed E-state index contributed by atoms with van der Waals surface area (Å²) in [6, 6.07) is 4.00. The van der Waals surface area contributed by atoms with Crippen molar-refractivity contribution in [2.24, 2.45) is 0 Å². The number of halogens is 4. The molecule has 1 amide bonds. The molecule has 3 aromatic heterocycles. The summed E-state index contributed by atoms with van der Waals surface area (Å²) in [6.45, 7) is 5.85. The summed E-state index contributed by atoms with van der Waals surface area (Å²) in [5, 5.41) is 0. The van der Waals surface area contributed by atoms with Crippen LogP contribution in [0.1, 0.15) is 75.4 Å². The Morgan fingerprint density at radius 3 is 2.48 bits per heavy atom. The Labute approximate surface area is 262 Å². The number of fused-ring (bicyclic) bond motifs is 1. The Morgan fingerprint density at radius 1 is 1.11 bits per heavy atom. The summed E-state index contributed by atoms with van der Waals surface area (Å²) >= 11 is 0. The first-order valence-corrected chi connectivity index (χ1v) is 15.3. The normalized spacial score (nSPS) is 17.2. The fourth-order valence-corrected chi connectivity index (χ4v) is 6.25. The van der Waals surface area contributed by atoms with Crippen molar-refractivity contribution in [3.63, 3.8) is 0 Å². The number of carbonyl (C=O) groups excluding carboxylic acids is 1. The van der Waals surface area contributed by atoms with Gasteiger partial charge < -0.3 is 19.1 Å². The van der Waals surface area contributed by atoms with Crippen molar-refractivity contribution in [1.82, 2.24) is 29.5 Å². The highest BCUT2D eigenvalue weighted by molar-refractivity contribution is 6.09. The highest BCUT2D eigenvalue weighted by Gasteiger charge is 2.60. The number of hydrogen-bond acceptors (Lipinski definition) is 8. The predicted molar refractivity (Wildman–Crippen MR) is 161 cm³/mol. The van der Waals surface area contributed by atoms with Crippen LogP contribution in [0.4, 0.5) is 29.1 Å². The monoisotopic (exact) mass is 636 g/mol. The molecular formula is C32H32F4N8O2. The zero-order valence-electron chi connectivity index (χ0n) is 25.8. The van der Waals surface area contributed by atoms with E-state index < -0.39 is 23.2 Å².